The first-order valence-electron chi connectivity index (χ1n) is 13.0. The van der Waals surface area contributed by atoms with Gasteiger partial charge in [-0.15, -0.1) is 0 Å². The Balaban J connectivity index is 2.14. The number of hydrogen-bond acceptors (Lipinski definition) is 2. The van der Waals surface area contributed by atoms with Gasteiger partial charge in [-0.05, 0) is 73.8 Å². The van der Waals surface area contributed by atoms with Crippen LogP contribution in [0.25, 0.3) is 0 Å². The zero-order chi connectivity index (χ0) is 28.1. The van der Waals surface area contributed by atoms with Crippen molar-refractivity contribution in [1.82, 2.24) is 10.2 Å². The van der Waals surface area contributed by atoms with Gasteiger partial charge < -0.3 is 10.2 Å². The Morgan fingerprint density at radius 2 is 1.81 bits per heavy atom. The number of allylic oxidation sites excluding steroid dienone is 4. The molecular formula is C31H42F4N2. The maximum absolute atomic E-state index is 14.4. The van der Waals surface area contributed by atoms with Crippen molar-refractivity contribution in [2.24, 2.45) is 11.3 Å². The van der Waals surface area contributed by atoms with Gasteiger partial charge in [0, 0.05) is 36.6 Å². The molecule has 0 aliphatic heterocycles. The predicted octanol–water partition coefficient (Wildman–Crippen LogP) is 8.95. The molecule has 1 aromatic carbocycles. The normalized spacial score (nSPS) is 20.3. The molecule has 6 heteroatoms. The Labute approximate surface area is 220 Å². The van der Waals surface area contributed by atoms with Gasteiger partial charge in [0.15, 0.2) is 0 Å². The number of rotatable bonds is 13. The first-order valence-corrected chi connectivity index (χ1v) is 13.0. The second kappa shape index (κ2) is 12.2. The fourth-order valence-corrected chi connectivity index (χ4v) is 4.98. The lowest BCUT2D eigenvalue weighted by Crippen LogP contribution is -2.30. The van der Waals surface area contributed by atoms with Gasteiger partial charge in [-0.3, -0.25) is 0 Å². The van der Waals surface area contributed by atoms with Crippen molar-refractivity contribution in [2.45, 2.75) is 73.5 Å². The van der Waals surface area contributed by atoms with Crippen LogP contribution in [0.5, 0.6) is 0 Å². The van der Waals surface area contributed by atoms with Crippen LogP contribution in [0.3, 0.4) is 0 Å². The van der Waals surface area contributed by atoms with E-state index in [1.165, 1.54) is 31.4 Å². The molecule has 204 valence electrons. The van der Waals surface area contributed by atoms with Crippen LogP contribution >= 0.6 is 0 Å². The first kappa shape index (κ1) is 30.5. The minimum Gasteiger partial charge on any atom is -0.381 e. The molecular weight excluding hydrogens is 476 g/mol. The van der Waals surface area contributed by atoms with Crippen molar-refractivity contribution in [3.8, 4) is 0 Å². The van der Waals surface area contributed by atoms with Crippen molar-refractivity contribution in [3.05, 3.63) is 94.6 Å². The molecule has 2 rings (SSSR count). The predicted molar refractivity (Wildman–Crippen MR) is 146 cm³/mol. The summed E-state index contributed by atoms with van der Waals surface area (Å²) < 4.78 is 53.6. The third-order valence-corrected chi connectivity index (χ3v) is 7.75. The Morgan fingerprint density at radius 3 is 2.35 bits per heavy atom. The summed E-state index contributed by atoms with van der Waals surface area (Å²) >= 11 is 0. The lowest BCUT2D eigenvalue weighted by atomic mass is 9.93. The average molecular weight is 519 g/mol. The van der Waals surface area contributed by atoms with Crippen molar-refractivity contribution in [1.29, 1.82) is 0 Å². The number of nitrogens with zero attached hydrogens (tertiary/aromatic N) is 1. The zero-order valence-corrected chi connectivity index (χ0v) is 23.2. The van der Waals surface area contributed by atoms with E-state index in [1.54, 1.807) is 0 Å². The molecule has 1 aliphatic carbocycles. The van der Waals surface area contributed by atoms with E-state index in [1.807, 2.05) is 26.8 Å². The molecule has 0 bridgehead atoms. The van der Waals surface area contributed by atoms with Crippen molar-refractivity contribution < 1.29 is 17.6 Å². The largest absolute Gasteiger partial charge is 0.419 e. The zero-order valence-electron chi connectivity index (χ0n) is 23.2. The molecule has 1 aliphatic rings. The smallest absolute Gasteiger partial charge is 0.381 e. The monoisotopic (exact) mass is 518 g/mol. The highest BCUT2D eigenvalue weighted by Gasteiger charge is 2.49. The molecule has 2 unspecified atom stereocenters. The third kappa shape index (κ3) is 7.18. The highest BCUT2D eigenvalue weighted by molar-refractivity contribution is 5.55. The van der Waals surface area contributed by atoms with Gasteiger partial charge in [0.2, 0.25) is 0 Å². The van der Waals surface area contributed by atoms with Crippen LogP contribution < -0.4 is 5.32 Å². The van der Waals surface area contributed by atoms with E-state index in [4.69, 9.17) is 0 Å². The number of benzene rings is 1. The van der Waals surface area contributed by atoms with Gasteiger partial charge in [0.25, 0.3) is 0 Å². The molecule has 2 nitrogen and oxygen atoms in total. The van der Waals surface area contributed by atoms with E-state index < -0.39 is 17.6 Å². The quantitative estimate of drug-likeness (QED) is 0.207. The topological polar surface area (TPSA) is 15.3 Å². The van der Waals surface area contributed by atoms with Crippen LogP contribution in [0, 0.1) is 17.2 Å². The maximum Gasteiger partial charge on any atom is 0.419 e. The highest BCUT2D eigenvalue weighted by Crippen LogP contribution is 2.55. The van der Waals surface area contributed by atoms with Gasteiger partial charge in [0.05, 0.1) is 5.56 Å². The Bertz CT molecular complexity index is 1090. The van der Waals surface area contributed by atoms with Crippen LogP contribution in [0.15, 0.2) is 77.7 Å². The average Bonchev–Trinajstić information content (AvgIpc) is 3.48. The summed E-state index contributed by atoms with van der Waals surface area (Å²) in [6.07, 6.45) is 0.810. The van der Waals surface area contributed by atoms with Crippen LogP contribution in [-0.2, 0) is 12.7 Å². The van der Waals surface area contributed by atoms with Crippen LogP contribution in [0.1, 0.15) is 71.9 Å². The summed E-state index contributed by atoms with van der Waals surface area (Å²) in [7, 11) is 0. The second-order valence-corrected chi connectivity index (χ2v) is 10.3. The minimum absolute atomic E-state index is 0.0811. The molecule has 1 saturated carbocycles. The van der Waals surface area contributed by atoms with Gasteiger partial charge in [-0.25, -0.2) is 4.39 Å². The number of halogens is 4. The van der Waals surface area contributed by atoms with E-state index in [2.05, 4.69) is 50.7 Å². The second-order valence-electron chi connectivity index (χ2n) is 10.3. The fraction of sp³-hybridized carbons (Fsp3) is 0.484. The lowest BCUT2D eigenvalue weighted by Gasteiger charge is -2.31. The lowest BCUT2D eigenvalue weighted by molar-refractivity contribution is -0.140. The van der Waals surface area contributed by atoms with E-state index >= 15 is 0 Å². The summed E-state index contributed by atoms with van der Waals surface area (Å²) in [4.78, 5) is 2.33. The molecule has 1 aromatic rings. The summed E-state index contributed by atoms with van der Waals surface area (Å²) in [5.41, 5.74) is 3.83. The van der Waals surface area contributed by atoms with Gasteiger partial charge in [0.1, 0.15) is 5.82 Å². The maximum atomic E-state index is 14.4. The molecule has 1 N–H and O–H groups in total. The van der Waals surface area contributed by atoms with E-state index in [9.17, 15) is 17.6 Å². The van der Waals surface area contributed by atoms with Crippen LogP contribution in [-0.4, -0.2) is 18.0 Å². The molecule has 0 heterocycles. The van der Waals surface area contributed by atoms with E-state index in [-0.39, 0.29) is 12.1 Å². The van der Waals surface area contributed by atoms with Gasteiger partial charge in [-0.2, -0.15) is 13.2 Å². The van der Waals surface area contributed by atoms with E-state index in [0.717, 1.165) is 53.1 Å². The number of alkyl halides is 3. The number of hydrogen-bond donors (Lipinski definition) is 1. The molecule has 2 atom stereocenters. The molecule has 0 spiro atoms. The van der Waals surface area contributed by atoms with E-state index in [0.29, 0.717) is 11.1 Å². The third-order valence-electron chi connectivity index (χ3n) is 7.75. The molecule has 0 radical (unpaired) electrons. The molecule has 1 fully saturated rings. The summed E-state index contributed by atoms with van der Waals surface area (Å²) in [5, 5.41) is 2.98. The van der Waals surface area contributed by atoms with Gasteiger partial charge >= 0.3 is 6.18 Å². The molecule has 0 amide bonds. The first-order chi connectivity index (χ1) is 17.2. The Kier molecular flexibility index (Phi) is 10.0. The number of nitrogens with one attached hydrogen (secondary N) is 1. The van der Waals surface area contributed by atoms with Gasteiger partial charge in [-0.1, -0.05) is 64.6 Å². The molecule has 0 saturated heterocycles. The van der Waals surface area contributed by atoms with Crippen LogP contribution in [0.4, 0.5) is 17.6 Å². The fourth-order valence-electron chi connectivity index (χ4n) is 4.98. The molecule has 0 aromatic heterocycles. The standard InChI is InChI=1S/C31H42F4N2/c1-10-14-26-17-30(26,9)19-37(12-3)24(8)21(5)20(4)22(6)27(11-2)23(7)36-18-25-15-13-16-28(29(25)32)31(33,34)35/h11,13,15-16,26,36H,6-8,10,12,14,17-19H2,1-5,9H3/b21-20+,27-11+. The molecule has 37 heavy (non-hydrogen) atoms. The summed E-state index contributed by atoms with van der Waals surface area (Å²) in [5.74, 6) is -0.505. The van der Waals surface area contributed by atoms with Crippen molar-refractivity contribution in [3.63, 3.8) is 0 Å². The summed E-state index contributed by atoms with van der Waals surface area (Å²) in [6.45, 7) is 27.0. The summed E-state index contributed by atoms with van der Waals surface area (Å²) in [6, 6.07) is 3.28. The van der Waals surface area contributed by atoms with Crippen LogP contribution in [0.2, 0.25) is 0 Å². The highest BCUT2D eigenvalue weighted by atomic mass is 19.4. The Morgan fingerprint density at radius 1 is 1.16 bits per heavy atom. The number of likely N-dealkylation sites (N-methyl/N-ethyl adjacent to an activating group) is 1. The van der Waals surface area contributed by atoms with Crippen molar-refractivity contribution >= 4 is 0 Å². The SMILES string of the molecule is C=C(NCc1cccc(C(F)(F)F)c1F)/C(=C/C)C(=C)/C(C)=C(\C)C(=C)N(CC)CC1(C)CC1CCC. The Hall–Kier alpha value is -2.76. The van der Waals surface area contributed by atoms with Crippen molar-refractivity contribution in [2.75, 3.05) is 13.1 Å². The minimum atomic E-state index is -4.75.